The molecule has 106 valence electrons. The van der Waals surface area contributed by atoms with Crippen LogP contribution < -0.4 is 10.1 Å². The Balaban J connectivity index is 2.48. The van der Waals surface area contributed by atoms with Gasteiger partial charge in [-0.2, -0.15) is 0 Å². The molecule has 0 aliphatic heterocycles. The fraction of sp³-hybridized carbons (Fsp3) is 0.357. The van der Waals surface area contributed by atoms with Crippen molar-refractivity contribution >= 4 is 5.82 Å². The van der Waals surface area contributed by atoms with Gasteiger partial charge >= 0.3 is 0 Å². The van der Waals surface area contributed by atoms with Crippen LogP contribution in [-0.4, -0.2) is 35.7 Å². The number of anilines is 1. The smallest absolute Gasteiger partial charge is 0.157 e. The summed E-state index contributed by atoms with van der Waals surface area (Å²) >= 11 is 0. The van der Waals surface area contributed by atoms with Crippen LogP contribution in [0.5, 0.6) is 5.75 Å². The molecule has 0 radical (unpaired) electrons. The molecule has 0 spiro atoms. The molecule has 0 aliphatic rings. The Bertz CT molecular complexity index is 551. The second kappa shape index (κ2) is 6.81. The van der Waals surface area contributed by atoms with E-state index in [-0.39, 0.29) is 0 Å². The molecule has 0 bridgehead atoms. The SMILES string of the molecule is CCNc1cc(-c2ncccc2OC)nc(COC)n1. The lowest BCUT2D eigenvalue weighted by atomic mass is 10.2. The minimum absolute atomic E-state index is 0.349. The van der Waals surface area contributed by atoms with Crippen molar-refractivity contribution in [3.63, 3.8) is 0 Å². The van der Waals surface area contributed by atoms with Gasteiger partial charge in [-0.15, -0.1) is 0 Å². The van der Waals surface area contributed by atoms with E-state index >= 15 is 0 Å². The molecule has 2 rings (SSSR count). The zero-order chi connectivity index (χ0) is 14.4. The van der Waals surface area contributed by atoms with Crippen molar-refractivity contribution in [2.45, 2.75) is 13.5 Å². The number of ether oxygens (including phenoxy) is 2. The highest BCUT2D eigenvalue weighted by atomic mass is 16.5. The van der Waals surface area contributed by atoms with Crippen molar-refractivity contribution in [2.75, 3.05) is 26.1 Å². The van der Waals surface area contributed by atoms with Crippen molar-refractivity contribution in [2.24, 2.45) is 0 Å². The molecular formula is C14H18N4O2. The molecule has 0 amide bonds. The molecule has 0 aliphatic carbocycles. The van der Waals surface area contributed by atoms with E-state index in [0.717, 1.165) is 12.4 Å². The third-order valence-corrected chi connectivity index (χ3v) is 2.64. The van der Waals surface area contributed by atoms with Crippen molar-refractivity contribution in [1.82, 2.24) is 15.0 Å². The second-order valence-corrected chi connectivity index (χ2v) is 4.07. The summed E-state index contributed by atoms with van der Waals surface area (Å²) in [5, 5.41) is 3.18. The first-order chi connectivity index (χ1) is 9.78. The highest BCUT2D eigenvalue weighted by molar-refractivity contribution is 5.65. The maximum atomic E-state index is 5.32. The quantitative estimate of drug-likeness (QED) is 0.870. The van der Waals surface area contributed by atoms with Crippen LogP contribution in [0.1, 0.15) is 12.7 Å². The van der Waals surface area contributed by atoms with Gasteiger partial charge in [0.1, 0.15) is 23.9 Å². The molecule has 2 heterocycles. The van der Waals surface area contributed by atoms with Crippen molar-refractivity contribution in [3.05, 3.63) is 30.2 Å². The Kier molecular flexibility index (Phi) is 4.84. The molecule has 6 nitrogen and oxygen atoms in total. The molecule has 2 aromatic heterocycles. The maximum absolute atomic E-state index is 5.32. The van der Waals surface area contributed by atoms with Gasteiger partial charge in [0.15, 0.2) is 5.82 Å². The van der Waals surface area contributed by atoms with Crippen LogP contribution in [0.15, 0.2) is 24.4 Å². The Morgan fingerprint density at radius 2 is 2.10 bits per heavy atom. The first kappa shape index (κ1) is 14.2. The molecule has 0 atom stereocenters. The molecule has 1 N–H and O–H groups in total. The third kappa shape index (κ3) is 3.21. The lowest BCUT2D eigenvalue weighted by Crippen LogP contribution is -2.06. The fourth-order valence-corrected chi connectivity index (χ4v) is 1.83. The summed E-state index contributed by atoms with van der Waals surface area (Å²) in [6, 6.07) is 5.53. The minimum Gasteiger partial charge on any atom is -0.494 e. The van der Waals surface area contributed by atoms with Crippen LogP contribution in [0.25, 0.3) is 11.4 Å². The van der Waals surface area contributed by atoms with Crippen molar-refractivity contribution in [3.8, 4) is 17.1 Å². The summed E-state index contributed by atoms with van der Waals surface area (Å²) in [6.45, 7) is 3.14. The van der Waals surface area contributed by atoms with Crippen LogP contribution in [0, 0.1) is 0 Å². The molecule has 0 saturated heterocycles. The van der Waals surface area contributed by atoms with Crippen molar-refractivity contribution in [1.29, 1.82) is 0 Å². The predicted molar refractivity (Wildman–Crippen MR) is 76.7 cm³/mol. The van der Waals surface area contributed by atoms with E-state index in [2.05, 4.69) is 20.3 Å². The summed E-state index contributed by atoms with van der Waals surface area (Å²) in [5.74, 6) is 2.03. The van der Waals surface area contributed by atoms with Crippen LogP contribution in [-0.2, 0) is 11.3 Å². The van der Waals surface area contributed by atoms with Crippen LogP contribution >= 0.6 is 0 Å². The molecular weight excluding hydrogens is 256 g/mol. The third-order valence-electron chi connectivity index (χ3n) is 2.64. The predicted octanol–water partition coefficient (Wildman–Crippen LogP) is 2.13. The fourth-order valence-electron chi connectivity index (χ4n) is 1.83. The summed E-state index contributed by atoms with van der Waals surface area (Å²) in [4.78, 5) is 13.2. The standard InChI is InChI=1S/C14H18N4O2/c1-4-15-12-8-10(17-13(18-12)9-19-2)14-11(20-3)6-5-7-16-14/h5-8H,4,9H2,1-3H3,(H,15,17,18). The van der Waals surface area contributed by atoms with E-state index in [1.165, 1.54) is 0 Å². The Morgan fingerprint density at radius 3 is 2.80 bits per heavy atom. The van der Waals surface area contributed by atoms with E-state index in [1.54, 1.807) is 20.4 Å². The maximum Gasteiger partial charge on any atom is 0.157 e. The van der Waals surface area contributed by atoms with E-state index in [0.29, 0.717) is 29.6 Å². The molecule has 0 aromatic carbocycles. The highest BCUT2D eigenvalue weighted by Gasteiger charge is 2.11. The van der Waals surface area contributed by atoms with Gasteiger partial charge in [0, 0.05) is 25.9 Å². The number of hydrogen-bond donors (Lipinski definition) is 1. The van der Waals surface area contributed by atoms with Gasteiger partial charge < -0.3 is 14.8 Å². The van der Waals surface area contributed by atoms with Gasteiger partial charge in [-0.05, 0) is 19.1 Å². The molecule has 6 heteroatoms. The van der Waals surface area contributed by atoms with Gasteiger partial charge in [0.2, 0.25) is 0 Å². The number of nitrogens with zero attached hydrogens (tertiary/aromatic N) is 3. The first-order valence-corrected chi connectivity index (χ1v) is 6.38. The Labute approximate surface area is 118 Å². The Morgan fingerprint density at radius 1 is 1.25 bits per heavy atom. The van der Waals surface area contributed by atoms with Gasteiger partial charge in [0.25, 0.3) is 0 Å². The normalized spacial score (nSPS) is 10.3. The van der Waals surface area contributed by atoms with Crippen molar-refractivity contribution < 1.29 is 9.47 Å². The average molecular weight is 274 g/mol. The van der Waals surface area contributed by atoms with Gasteiger partial charge in [-0.3, -0.25) is 4.98 Å². The van der Waals surface area contributed by atoms with Crippen LogP contribution in [0.3, 0.4) is 0 Å². The van der Waals surface area contributed by atoms with E-state index in [4.69, 9.17) is 9.47 Å². The Hall–Kier alpha value is -2.21. The molecule has 0 unspecified atom stereocenters. The second-order valence-electron chi connectivity index (χ2n) is 4.07. The molecule has 2 aromatic rings. The summed E-state index contributed by atoms with van der Waals surface area (Å²) < 4.78 is 10.4. The van der Waals surface area contributed by atoms with Gasteiger partial charge in [0.05, 0.1) is 12.8 Å². The topological polar surface area (TPSA) is 69.2 Å². The van der Waals surface area contributed by atoms with E-state index in [9.17, 15) is 0 Å². The molecule has 0 saturated carbocycles. The average Bonchev–Trinajstić information content (AvgIpc) is 2.47. The zero-order valence-corrected chi connectivity index (χ0v) is 11.9. The highest BCUT2D eigenvalue weighted by Crippen LogP contribution is 2.27. The number of hydrogen-bond acceptors (Lipinski definition) is 6. The monoisotopic (exact) mass is 274 g/mol. The number of aromatic nitrogens is 3. The van der Waals surface area contributed by atoms with E-state index in [1.807, 2.05) is 25.1 Å². The number of methoxy groups -OCH3 is 2. The number of rotatable bonds is 6. The van der Waals surface area contributed by atoms with Gasteiger partial charge in [-0.25, -0.2) is 9.97 Å². The summed E-state index contributed by atoms with van der Waals surface area (Å²) in [7, 11) is 3.23. The zero-order valence-electron chi connectivity index (χ0n) is 11.9. The van der Waals surface area contributed by atoms with E-state index < -0.39 is 0 Å². The number of pyridine rings is 1. The minimum atomic E-state index is 0.349. The van der Waals surface area contributed by atoms with Crippen LogP contribution in [0.4, 0.5) is 5.82 Å². The van der Waals surface area contributed by atoms with Gasteiger partial charge in [-0.1, -0.05) is 0 Å². The first-order valence-electron chi connectivity index (χ1n) is 6.38. The number of nitrogens with one attached hydrogen (secondary N) is 1. The molecule has 0 fully saturated rings. The lowest BCUT2D eigenvalue weighted by Gasteiger charge is -2.10. The lowest BCUT2D eigenvalue weighted by molar-refractivity contribution is 0.178. The largest absolute Gasteiger partial charge is 0.494 e. The van der Waals surface area contributed by atoms with Crippen LogP contribution in [0.2, 0.25) is 0 Å². The molecule has 20 heavy (non-hydrogen) atoms. The summed E-state index contributed by atoms with van der Waals surface area (Å²) in [6.07, 6.45) is 1.71. The summed E-state index contributed by atoms with van der Waals surface area (Å²) in [5.41, 5.74) is 1.40.